The molecule has 0 radical (unpaired) electrons. The molecule has 0 aromatic heterocycles. The predicted molar refractivity (Wildman–Crippen MR) is 190 cm³/mol. The lowest BCUT2D eigenvalue weighted by atomic mass is 9.78. The van der Waals surface area contributed by atoms with Gasteiger partial charge in [0.2, 0.25) is 12.7 Å². The largest absolute Gasteiger partial charge is 0.493 e. The van der Waals surface area contributed by atoms with E-state index >= 15 is 0 Å². The summed E-state index contributed by atoms with van der Waals surface area (Å²) in [5.41, 5.74) is 5.90. The van der Waals surface area contributed by atoms with Crippen molar-refractivity contribution in [3.05, 3.63) is 124 Å². The maximum atomic E-state index is 14.9. The van der Waals surface area contributed by atoms with Crippen molar-refractivity contribution in [2.24, 2.45) is 0 Å². The van der Waals surface area contributed by atoms with E-state index in [0.717, 1.165) is 27.8 Å². The van der Waals surface area contributed by atoms with Gasteiger partial charge in [-0.3, -0.25) is 9.69 Å². The lowest BCUT2D eigenvalue weighted by molar-refractivity contribution is -0.150. The third-order valence-corrected chi connectivity index (χ3v) is 10.6. The molecule has 52 heavy (non-hydrogen) atoms. The van der Waals surface area contributed by atoms with Gasteiger partial charge >= 0.3 is 6.09 Å². The van der Waals surface area contributed by atoms with Crippen LogP contribution in [0.15, 0.2) is 84.9 Å². The summed E-state index contributed by atoms with van der Waals surface area (Å²) in [6, 6.07) is 19.8. The Labute approximate surface area is 301 Å². The molecule has 2 fully saturated rings. The molecule has 2 saturated heterocycles. The van der Waals surface area contributed by atoms with Crippen molar-refractivity contribution in [3.63, 3.8) is 0 Å². The fourth-order valence-electron chi connectivity index (χ4n) is 8.28. The minimum atomic E-state index is -1.23. The van der Waals surface area contributed by atoms with Gasteiger partial charge in [0.25, 0.3) is 0 Å². The Kier molecular flexibility index (Phi) is 8.45. The highest BCUT2D eigenvalue weighted by molar-refractivity contribution is 5.91. The normalized spacial score (nSPS) is 22.5. The molecular formula is C41H40N2O9. The average Bonchev–Trinajstić information content (AvgIpc) is 3.76. The van der Waals surface area contributed by atoms with E-state index in [1.54, 1.807) is 12.0 Å². The molecule has 4 heterocycles. The molecule has 0 spiro atoms. The van der Waals surface area contributed by atoms with Gasteiger partial charge < -0.3 is 38.4 Å². The molecule has 11 nitrogen and oxygen atoms in total. The Morgan fingerprint density at radius 3 is 2.19 bits per heavy atom. The van der Waals surface area contributed by atoms with E-state index in [0.29, 0.717) is 52.1 Å². The maximum absolute atomic E-state index is 14.9. The van der Waals surface area contributed by atoms with Crippen LogP contribution >= 0.6 is 0 Å². The number of carbonyl (C=O) groups is 2. The lowest BCUT2D eigenvalue weighted by Crippen LogP contribution is -2.65. The van der Waals surface area contributed by atoms with Crippen LogP contribution in [-0.2, 0) is 29.2 Å². The zero-order valence-electron chi connectivity index (χ0n) is 29.5. The molecule has 0 aliphatic carbocycles. The number of methoxy groups -OCH3 is 2. The number of amides is 2. The Bertz CT molecular complexity index is 2070. The summed E-state index contributed by atoms with van der Waals surface area (Å²) in [6.45, 7) is 8.69. The van der Waals surface area contributed by atoms with E-state index in [2.05, 4.69) is 6.58 Å². The van der Waals surface area contributed by atoms with Crippen molar-refractivity contribution in [2.45, 2.75) is 63.8 Å². The number of nitrogens with zero attached hydrogens (tertiary/aromatic N) is 2. The number of aliphatic hydroxyl groups excluding tert-OH is 1. The first-order valence-corrected chi connectivity index (χ1v) is 17.3. The molecule has 8 rings (SSSR count). The minimum absolute atomic E-state index is 0.0253. The van der Waals surface area contributed by atoms with Gasteiger partial charge in [-0.15, -0.1) is 0 Å². The standard InChI is InChI=1S/C41H40N2O9/c1-22-16-27-17-29-40(45)43-32(34(42(29)41(46)48-5)31(27)39(36(22)47-4)50-20-26-14-10-7-11-15-26)24(3)35(44)33(43)28-18-30(23(2)37-38(28)52-21-51-37)49-19-25-12-8-6-9-13-25/h6-16,18,29,32-35,44H,3,17,19-21H2,1-2,4-5H3/t29?,32-,33?,34?,35?/m0/s1. The van der Waals surface area contributed by atoms with Crippen molar-refractivity contribution in [1.29, 1.82) is 0 Å². The van der Waals surface area contributed by atoms with Crippen LogP contribution in [0.5, 0.6) is 28.7 Å². The van der Waals surface area contributed by atoms with Gasteiger partial charge in [-0.2, -0.15) is 0 Å². The van der Waals surface area contributed by atoms with Crippen LogP contribution in [-0.4, -0.2) is 66.1 Å². The van der Waals surface area contributed by atoms with E-state index in [1.165, 1.54) is 12.0 Å². The van der Waals surface area contributed by atoms with Gasteiger partial charge in [0.15, 0.2) is 23.0 Å². The van der Waals surface area contributed by atoms with Crippen LogP contribution in [0.4, 0.5) is 4.79 Å². The summed E-state index contributed by atoms with van der Waals surface area (Å²) in [5.74, 6) is 2.09. The van der Waals surface area contributed by atoms with Gasteiger partial charge in [0.05, 0.1) is 32.3 Å². The second-order valence-electron chi connectivity index (χ2n) is 13.5. The number of fused-ring (bicyclic) bond motifs is 7. The summed E-state index contributed by atoms with van der Waals surface area (Å²) in [4.78, 5) is 31.7. The van der Waals surface area contributed by atoms with Gasteiger partial charge in [-0.05, 0) is 47.7 Å². The third-order valence-electron chi connectivity index (χ3n) is 10.6. The molecule has 4 unspecified atom stereocenters. The van der Waals surface area contributed by atoms with Gasteiger partial charge in [0.1, 0.15) is 31.1 Å². The number of rotatable bonds is 8. The first-order valence-electron chi connectivity index (χ1n) is 17.3. The van der Waals surface area contributed by atoms with E-state index in [1.807, 2.05) is 86.6 Å². The first kappa shape index (κ1) is 33.5. The molecule has 2 amide bonds. The van der Waals surface area contributed by atoms with Crippen LogP contribution in [0, 0.1) is 13.8 Å². The molecule has 11 heteroatoms. The second kappa shape index (κ2) is 13.1. The van der Waals surface area contributed by atoms with Gasteiger partial charge in [0, 0.05) is 23.1 Å². The van der Waals surface area contributed by atoms with Crippen LogP contribution < -0.4 is 23.7 Å². The molecule has 4 aromatic carbocycles. The van der Waals surface area contributed by atoms with Crippen molar-refractivity contribution in [1.82, 2.24) is 9.80 Å². The molecule has 2 bridgehead atoms. The number of benzene rings is 4. The highest BCUT2D eigenvalue weighted by Gasteiger charge is 2.62. The fourth-order valence-corrected chi connectivity index (χ4v) is 8.28. The molecule has 1 N–H and O–H groups in total. The molecule has 4 aliphatic heterocycles. The topological polar surface area (TPSA) is 116 Å². The smallest absolute Gasteiger partial charge is 0.410 e. The lowest BCUT2D eigenvalue weighted by Gasteiger charge is -2.52. The van der Waals surface area contributed by atoms with Crippen LogP contribution in [0.2, 0.25) is 0 Å². The van der Waals surface area contributed by atoms with Gasteiger partial charge in [-0.25, -0.2) is 4.79 Å². The van der Waals surface area contributed by atoms with Crippen LogP contribution in [0.1, 0.15) is 51.0 Å². The Hall–Kier alpha value is -5.68. The van der Waals surface area contributed by atoms with Crippen molar-refractivity contribution in [2.75, 3.05) is 21.0 Å². The number of aryl methyl sites for hydroxylation is 1. The van der Waals surface area contributed by atoms with Crippen LogP contribution in [0.25, 0.3) is 0 Å². The number of piperazine rings is 1. The fraction of sp³-hybridized carbons (Fsp3) is 0.317. The van der Waals surface area contributed by atoms with Crippen molar-refractivity contribution < 1.29 is 43.1 Å². The monoisotopic (exact) mass is 704 g/mol. The Balaban J connectivity index is 1.26. The predicted octanol–water partition coefficient (Wildman–Crippen LogP) is 6.12. The number of aliphatic hydroxyl groups is 1. The minimum Gasteiger partial charge on any atom is -0.493 e. The summed E-state index contributed by atoms with van der Waals surface area (Å²) >= 11 is 0. The van der Waals surface area contributed by atoms with Crippen molar-refractivity contribution >= 4 is 12.0 Å². The third kappa shape index (κ3) is 5.21. The first-order chi connectivity index (χ1) is 25.2. The highest BCUT2D eigenvalue weighted by Crippen LogP contribution is 2.58. The summed E-state index contributed by atoms with van der Waals surface area (Å²) < 4.78 is 36.1. The number of carbonyl (C=O) groups excluding carboxylic acids is 2. The zero-order valence-corrected chi connectivity index (χ0v) is 29.5. The number of hydrogen-bond acceptors (Lipinski definition) is 9. The molecule has 268 valence electrons. The summed E-state index contributed by atoms with van der Waals surface area (Å²) in [5, 5.41) is 12.2. The maximum Gasteiger partial charge on any atom is 0.410 e. The molecule has 0 saturated carbocycles. The summed E-state index contributed by atoms with van der Waals surface area (Å²) in [6.07, 6.45) is -1.70. The molecular weight excluding hydrogens is 664 g/mol. The Morgan fingerprint density at radius 2 is 1.54 bits per heavy atom. The van der Waals surface area contributed by atoms with Gasteiger partial charge in [-0.1, -0.05) is 73.3 Å². The van der Waals surface area contributed by atoms with Crippen molar-refractivity contribution in [3.8, 4) is 28.7 Å². The van der Waals surface area contributed by atoms with Crippen LogP contribution in [0.3, 0.4) is 0 Å². The highest BCUT2D eigenvalue weighted by atomic mass is 16.7. The average molecular weight is 705 g/mol. The zero-order chi connectivity index (χ0) is 36.3. The molecule has 5 atom stereocenters. The second-order valence-corrected chi connectivity index (χ2v) is 13.5. The van der Waals surface area contributed by atoms with E-state index in [4.69, 9.17) is 28.4 Å². The Morgan fingerprint density at radius 1 is 0.885 bits per heavy atom. The molecule has 4 aliphatic rings. The van der Waals surface area contributed by atoms with E-state index in [9.17, 15) is 14.7 Å². The quantitative estimate of drug-likeness (QED) is 0.217. The number of ether oxygens (including phenoxy) is 6. The number of hydrogen-bond donors (Lipinski definition) is 1. The SMILES string of the molecule is C=C1C(O)C(c2cc(OCc3ccccc3)c(C)c3c2OCO3)N2C(=O)C3Cc4cc(C)c(OC)c(OCc5ccccc5)c4C([C@H]12)N3C(=O)OC. The summed E-state index contributed by atoms with van der Waals surface area (Å²) in [7, 11) is 2.87. The molecule has 4 aromatic rings. The van der Waals surface area contributed by atoms with E-state index in [-0.39, 0.29) is 25.7 Å². The van der Waals surface area contributed by atoms with E-state index < -0.39 is 36.4 Å².